The molecule has 21 heavy (non-hydrogen) atoms. The Kier molecular flexibility index (Phi) is 3.51. The molecule has 106 valence electrons. The molecule has 0 aliphatic rings. The molecule has 0 saturated carbocycles. The molecule has 0 aliphatic heterocycles. The fourth-order valence-corrected chi connectivity index (χ4v) is 2.45. The van der Waals surface area contributed by atoms with Crippen molar-refractivity contribution in [3.63, 3.8) is 0 Å². The van der Waals surface area contributed by atoms with Crippen molar-refractivity contribution in [3.8, 4) is 0 Å². The molecule has 1 aromatic heterocycles. The van der Waals surface area contributed by atoms with Gasteiger partial charge in [0, 0.05) is 27.3 Å². The molecule has 0 saturated heterocycles. The summed E-state index contributed by atoms with van der Waals surface area (Å²) in [6, 6.07) is 9.91. The first-order valence-corrected chi connectivity index (χ1v) is 7.18. The number of anilines is 1. The van der Waals surface area contributed by atoms with E-state index in [1.165, 1.54) is 12.1 Å². The number of benzene rings is 2. The average Bonchev–Trinajstić information content (AvgIpc) is 2.85. The number of aromatic nitrogens is 1. The lowest BCUT2D eigenvalue weighted by Gasteiger charge is -2.06. The number of nitrogens with one attached hydrogen (secondary N) is 2. The quantitative estimate of drug-likeness (QED) is 0.698. The van der Waals surface area contributed by atoms with Gasteiger partial charge in [0.2, 0.25) is 0 Å². The van der Waals surface area contributed by atoms with Gasteiger partial charge in [0.05, 0.1) is 5.56 Å². The largest absolute Gasteiger partial charge is 0.360 e. The van der Waals surface area contributed by atoms with Gasteiger partial charge in [-0.25, -0.2) is 4.39 Å². The minimum absolute atomic E-state index is 0.227. The lowest BCUT2D eigenvalue weighted by Crippen LogP contribution is -2.11. The number of hydrogen-bond acceptors (Lipinski definition) is 1. The Morgan fingerprint density at radius 3 is 2.81 bits per heavy atom. The third kappa shape index (κ3) is 2.69. The molecule has 0 spiro atoms. The molecule has 0 radical (unpaired) electrons. The molecule has 5 heteroatoms. The molecule has 0 aliphatic carbocycles. The standard InChI is InChI=1S/C16H12BrFN2O/c1-9-6-11(3-5-14(9)17)20-16(21)13-8-19-15-7-10(18)2-4-12(13)15/h2-8,19H,1H3,(H,20,21). The Morgan fingerprint density at radius 1 is 1.24 bits per heavy atom. The van der Waals surface area contributed by atoms with Crippen molar-refractivity contribution in [1.82, 2.24) is 4.98 Å². The predicted octanol–water partition coefficient (Wildman–Crippen LogP) is 4.63. The Bertz CT molecular complexity index is 841. The molecule has 3 rings (SSSR count). The van der Waals surface area contributed by atoms with E-state index in [9.17, 15) is 9.18 Å². The van der Waals surface area contributed by atoms with E-state index in [0.717, 1.165) is 15.7 Å². The van der Waals surface area contributed by atoms with E-state index < -0.39 is 0 Å². The molecular formula is C16H12BrFN2O. The van der Waals surface area contributed by atoms with E-state index in [0.29, 0.717) is 16.5 Å². The molecular weight excluding hydrogens is 335 g/mol. The second-order valence-electron chi connectivity index (χ2n) is 4.81. The second-order valence-corrected chi connectivity index (χ2v) is 5.66. The summed E-state index contributed by atoms with van der Waals surface area (Å²) >= 11 is 3.42. The number of halogens is 2. The summed E-state index contributed by atoms with van der Waals surface area (Å²) in [5, 5.41) is 3.54. The van der Waals surface area contributed by atoms with Crippen LogP contribution >= 0.6 is 15.9 Å². The van der Waals surface area contributed by atoms with E-state index in [2.05, 4.69) is 26.2 Å². The van der Waals surface area contributed by atoms with Crippen LogP contribution in [0.15, 0.2) is 47.1 Å². The Balaban J connectivity index is 1.91. The third-order valence-electron chi connectivity index (χ3n) is 3.30. The molecule has 3 nitrogen and oxygen atoms in total. The molecule has 0 bridgehead atoms. The first-order chi connectivity index (χ1) is 10.0. The number of carbonyl (C=O) groups is 1. The van der Waals surface area contributed by atoms with Crippen molar-refractivity contribution in [1.29, 1.82) is 0 Å². The summed E-state index contributed by atoms with van der Waals surface area (Å²) in [5.74, 6) is -0.561. The summed E-state index contributed by atoms with van der Waals surface area (Å²) in [7, 11) is 0. The van der Waals surface area contributed by atoms with Crippen molar-refractivity contribution in [3.05, 3.63) is 64.0 Å². The normalized spacial score (nSPS) is 10.8. The zero-order valence-corrected chi connectivity index (χ0v) is 12.8. The highest BCUT2D eigenvalue weighted by atomic mass is 79.9. The smallest absolute Gasteiger partial charge is 0.257 e. The zero-order valence-electron chi connectivity index (χ0n) is 11.2. The van der Waals surface area contributed by atoms with E-state index in [-0.39, 0.29) is 11.7 Å². The molecule has 0 unspecified atom stereocenters. The topological polar surface area (TPSA) is 44.9 Å². The van der Waals surface area contributed by atoms with Gasteiger partial charge in [0.25, 0.3) is 5.91 Å². The van der Waals surface area contributed by atoms with Crippen LogP contribution in [0, 0.1) is 12.7 Å². The highest BCUT2D eigenvalue weighted by Crippen LogP contribution is 2.23. The summed E-state index contributed by atoms with van der Waals surface area (Å²) in [4.78, 5) is 15.2. The van der Waals surface area contributed by atoms with Gasteiger partial charge in [-0.3, -0.25) is 4.79 Å². The van der Waals surface area contributed by atoms with Crippen LogP contribution in [-0.4, -0.2) is 10.9 Å². The molecule has 0 fully saturated rings. The molecule has 1 heterocycles. The molecule has 2 N–H and O–H groups in total. The van der Waals surface area contributed by atoms with Gasteiger partial charge in [0.15, 0.2) is 0 Å². The van der Waals surface area contributed by atoms with Crippen LogP contribution in [0.3, 0.4) is 0 Å². The summed E-state index contributed by atoms with van der Waals surface area (Å²) in [6.45, 7) is 1.95. The van der Waals surface area contributed by atoms with Crippen molar-refractivity contribution >= 4 is 38.4 Å². The summed E-state index contributed by atoms with van der Waals surface area (Å²) < 4.78 is 14.1. The van der Waals surface area contributed by atoms with E-state index in [1.54, 1.807) is 12.3 Å². The van der Waals surface area contributed by atoms with Crippen molar-refractivity contribution < 1.29 is 9.18 Å². The number of fused-ring (bicyclic) bond motifs is 1. The third-order valence-corrected chi connectivity index (χ3v) is 4.19. The molecule has 3 aromatic rings. The van der Waals surface area contributed by atoms with Gasteiger partial charge in [-0.15, -0.1) is 0 Å². The number of aryl methyl sites for hydroxylation is 1. The van der Waals surface area contributed by atoms with E-state index >= 15 is 0 Å². The van der Waals surface area contributed by atoms with Crippen LogP contribution in [-0.2, 0) is 0 Å². The van der Waals surface area contributed by atoms with Gasteiger partial charge in [-0.2, -0.15) is 0 Å². The molecule has 1 amide bonds. The molecule has 0 atom stereocenters. The zero-order chi connectivity index (χ0) is 15.0. The maximum atomic E-state index is 13.2. The average molecular weight is 347 g/mol. The monoisotopic (exact) mass is 346 g/mol. The highest BCUT2D eigenvalue weighted by Gasteiger charge is 2.13. The molecule has 2 aromatic carbocycles. The first kappa shape index (κ1) is 13.8. The Morgan fingerprint density at radius 2 is 2.05 bits per heavy atom. The maximum absolute atomic E-state index is 13.2. The van der Waals surface area contributed by atoms with Gasteiger partial charge >= 0.3 is 0 Å². The van der Waals surface area contributed by atoms with Crippen LogP contribution in [0.2, 0.25) is 0 Å². The van der Waals surface area contributed by atoms with Gasteiger partial charge in [-0.1, -0.05) is 15.9 Å². The number of aromatic amines is 1. The maximum Gasteiger partial charge on any atom is 0.257 e. The summed E-state index contributed by atoms with van der Waals surface area (Å²) in [6.07, 6.45) is 1.59. The SMILES string of the molecule is Cc1cc(NC(=O)c2c[nH]c3cc(F)ccc23)ccc1Br. The van der Waals surface area contributed by atoms with Crippen LogP contribution in [0.25, 0.3) is 10.9 Å². The summed E-state index contributed by atoms with van der Waals surface area (Å²) in [5.41, 5.74) is 2.85. The van der Waals surface area contributed by atoms with Crippen molar-refractivity contribution in [2.45, 2.75) is 6.92 Å². The van der Waals surface area contributed by atoms with E-state index in [4.69, 9.17) is 0 Å². The fourth-order valence-electron chi connectivity index (χ4n) is 2.21. The van der Waals surface area contributed by atoms with Gasteiger partial charge < -0.3 is 10.3 Å². The lowest BCUT2D eigenvalue weighted by molar-refractivity contribution is 0.102. The van der Waals surface area contributed by atoms with Crippen LogP contribution < -0.4 is 5.32 Å². The van der Waals surface area contributed by atoms with Crippen LogP contribution in [0.4, 0.5) is 10.1 Å². The van der Waals surface area contributed by atoms with Gasteiger partial charge in [0.1, 0.15) is 5.82 Å². The highest BCUT2D eigenvalue weighted by molar-refractivity contribution is 9.10. The fraction of sp³-hybridized carbons (Fsp3) is 0.0625. The van der Waals surface area contributed by atoms with Crippen LogP contribution in [0.1, 0.15) is 15.9 Å². The lowest BCUT2D eigenvalue weighted by atomic mass is 10.1. The number of rotatable bonds is 2. The number of carbonyl (C=O) groups excluding carboxylic acids is 1. The van der Waals surface area contributed by atoms with Gasteiger partial charge in [-0.05, 0) is 48.9 Å². The second kappa shape index (κ2) is 5.33. The first-order valence-electron chi connectivity index (χ1n) is 6.39. The Labute approximate surface area is 129 Å². The minimum atomic E-state index is -0.333. The Hall–Kier alpha value is -2.14. The minimum Gasteiger partial charge on any atom is -0.360 e. The van der Waals surface area contributed by atoms with Crippen molar-refractivity contribution in [2.24, 2.45) is 0 Å². The number of hydrogen-bond donors (Lipinski definition) is 2. The van der Waals surface area contributed by atoms with E-state index in [1.807, 2.05) is 25.1 Å². The van der Waals surface area contributed by atoms with Crippen LogP contribution in [0.5, 0.6) is 0 Å². The number of H-pyrrole nitrogens is 1. The van der Waals surface area contributed by atoms with Crippen molar-refractivity contribution in [2.75, 3.05) is 5.32 Å². The predicted molar refractivity (Wildman–Crippen MR) is 85.1 cm³/mol. The number of amides is 1.